The summed E-state index contributed by atoms with van der Waals surface area (Å²) in [6, 6.07) is -1.12. The van der Waals surface area contributed by atoms with Gasteiger partial charge in [-0.25, -0.2) is 9.78 Å². The second-order valence-electron chi connectivity index (χ2n) is 5.25. The van der Waals surface area contributed by atoms with Crippen LogP contribution in [0.1, 0.15) is 5.69 Å². The topological polar surface area (TPSA) is 177 Å². The summed E-state index contributed by atoms with van der Waals surface area (Å²) in [4.78, 5) is 47.9. The fourth-order valence-corrected chi connectivity index (χ4v) is 3.98. The van der Waals surface area contributed by atoms with E-state index in [0.717, 1.165) is 23.1 Å². The summed E-state index contributed by atoms with van der Waals surface area (Å²) in [7, 11) is 1.25. The fourth-order valence-electron chi connectivity index (χ4n) is 2.21. The van der Waals surface area contributed by atoms with Gasteiger partial charge >= 0.3 is 5.97 Å². The van der Waals surface area contributed by atoms with Crippen LogP contribution in [0, 0.1) is 5.92 Å². The zero-order valence-electron chi connectivity index (χ0n) is 14.1. The number of carbonyl (C=O) groups excluding carboxylic acids is 2. The van der Waals surface area contributed by atoms with Crippen molar-refractivity contribution in [3.63, 3.8) is 0 Å². The lowest BCUT2D eigenvalue weighted by atomic mass is 10.1. The number of carboxylic acid groups (broad SMARTS) is 1. The van der Waals surface area contributed by atoms with Gasteiger partial charge in [0.05, 0.1) is 6.61 Å². The van der Waals surface area contributed by atoms with E-state index in [9.17, 15) is 24.6 Å². The molecule has 1 aromatic rings. The smallest absolute Gasteiger partial charge is 0.350 e. The summed E-state index contributed by atoms with van der Waals surface area (Å²) in [6.45, 7) is -0.376. The van der Waals surface area contributed by atoms with Crippen LogP contribution in [0.4, 0.5) is 5.13 Å². The molecule has 0 fully saturated rings. The molecule has 13 heteroatoms. The van der Waals surface area contributed by atoms with Gasteiger partial charge in [-0.05, 0) is 0 Å². The number of carboxylic acids is 1. The molecule has 5 N–H and O–H groups in total. The van der Waals surface area contributed by atoms with Gasteiger partial charge in [0.25, 0.3) is 5.91 Å². The van der Waals surface area contributed by atoms with Gasteiger partial charge in [0.15, 0.2) is 10.8 Å². The predicted molar refractivity (Wildman–Crippen MR) is 100.0 cm³/mol. The molecule has 2 heterocycles. The summed E-state index contributed by atoms with van der Waals surface area (Å²) in [5.41, 5.74) is 5.31. The molecule has 0 bridgehead atoms. The number of hydrogen-bond donors (Lipinski definition) is 4. The average Bonchev–Trinajstić information content (AvgIpc) is 3.09. The van der Waals surface area contributed by atoms with E-state index in [1.807, 2.05) is 0 Å². The maximum absolute atomic E-state index is 12.5. The third-order valence-electron chi connectivity index (χ3n) is 3.47. The molecular formula is C14H17N5O6S2. The number of thioether (sulfide) groups is 1. The Labute approximate surface area is 161 Å². The molecule has 1 aliphatic rings. The first-order valence-electron chi connectivity index (χ1n) is 7.53. The van der Waals surface area contributed by atoms with Gasteiger partial charge in [-0.15, -0.1) is 23.1 Å². The monoisotopic (exact) mass is 415 g/mol. The molecule has 0 aromatic carbocycles. The number of aliphatic carboxylic acids is 1. The molecule has 3 atom stereocenters. The van der Waals surface area contributed by atoms with Gasteiger partial charge in [0, 0.05) is 17.1 Å². The number of aliphatic hydroxyl groups excluding tert-OH is 1. The maximum Gasteiger partial charge on any atom is 0.350 e. The SMILES string of the molecule is CO/N=C(/C(=O)N[C@@H](C=O)[C@@H]1N=C(C(=O)O)C(CO)CS1)c1csc(N)n1. The Morgan fingerprint density at radius 3 is 2.85 bits per heavy atom. The number of anilines is 1. The number of aromatic nitrogens is 1. The summed E-state index contributed by atoms with van der Waals surface area (Å²) in [5, 5.41) is 25.4. The molecule has 0 radical (unpaired) electrons. The van der Waals surface area contributed by atoms with Crippen LogP contribution in [0.25, 0.3) is 0 Å². The number of nitrogens with one attached hydrogen (secondary N) is 1. The summed E-state index contributed by atoms with van der Waals surface area (Å²) >= 11 is 2.26. The van der Waals surface area contributed by atoms with Crippen LogP contribution in [0.15, 0.2) is 15.5 Å². The van der Waals surface area contributed by atoms with E-state index in [1.54, 1.807) is 0 Å². The van der Waals surface area contributed by atoms with Crippen molar-refractivity contribution in [3.05, 3.63) is 11.1 Å². The minimum atomic E-state index is -1.28. The van der Waals surface area contributed by atoms with Crippen molar-refractivity contribution in [1.29, 1.82) is 0 Å². The van der Waals surface area contributed by atoms with Crippen molar-refractivity contribution in [1.82, 2.24) is 10.3 Å². The normalized spacial score (nSPS) is 21.1. The summed E-state index contributed by atoms with van der Waals surface area (Å²) in [6.07, 6.45) is 0.456. The number of thiazole rings is 1. The Hall–Kier alpha value is -2.51. The lowest BCUT2D eigenvalue weighted by Gasteiger charge is -2.27. The quantitative estimate of drug-likeness (QED) is 0.235. The molecular weight excluding hydrogens is 398 g/mol. The van der Waals surface area contributed by atoms with Crippen LogP contribution < -0.4 is 11.1 Å². The minimum absolute atomic E-state index is 0.174. The van der Waals surface area contributed by atoms with Crippen LogP contribution in [0.5, 0.6) is 0 Å². The number of oxime groups is 1. The van der Waals surface area contributed by atoms with Crippen LogP contribution in [-0.4, -0.2) is 75.7 Å². The van der Waals surface area contributed by atoms with Crippen LogP contribution >= 0.6 is 23.1 Å². The number of nitrogen functional groups attached to an aromatic ring is 1. The summed E-state index contributed by atoms with van der Waals surface area (Å²) < 4.78 is 0. The zero-order chi connectivity index (χ0) is 20.0. The van der Waals surface area contributed by atoms with Crippen LogP contribution in [0.3, 0.4) is 0 Å². The number of aliphatic imine (C=N–C) groups is 1. The number of nitrogens with zero attached hydrogens (tertiary/aromatic N) is 3. The lowest BCUT2D eigenvalue weighted by molar-refractivity contribution is -0.129. The number of aliphatic hydroxyl groups is 1. The fraction of sp³-hybridized carbons (Fsp3) is 0.429. The molecule has 27 heavy (non-hydrogen) atoms. The van der Waals surface area contributed by atoms with E-state index >= 15 is 0 Å². The molecule has 146 valence electrons. The molecule has 1 aromatic heterocycles. The van der Waals surface area contributed by atoms with Crippen molar-refractivity contribution in [2.45, 2.75) is 11.4 Å². The van der Waals surface area contributed by atoms with Gasteiger partial charge in [0.2, 0.25) is 0 Å². The second kappa shape index (κ2) is 9.43. The first-order chi connectivity index (χ1) is 12.9. The highest BCUT2D eigenvalue weighted by molar-refractivity contribution is 8.00. The van der Waals surface area contributed by atoms with E-state index in [0.29, 0.717) is 6.29 Å². The summed E-state index contributed by atoms with van der Waals surface area (Å²) in [5.74, 6) is -2.44. The highest BCUT2D eigenvalue weighted by Crippen LogP contribution is 2.26. The molecule has 11 nitrogen and oxygen atoms in total. The Balaban J connectivity index is 2.21. The number of carbonyl (C=O) groups is 3. The second-order valence-corrected chi connectivity index (χ2v) is 7.29. The number of hydrogen-bond acceptors (Lipinski definition) is 11. The average molecular weight is 415 g/mol. The van der Waals surface area contributed by atoms with Crippen molar-refractivity contribution in [3.8, 4) is 0 Å². The van der Waals surface area contributed by atoms with Crippen molar-refractivity contribution >= 4 is 57.8 Å². The molecule has 0 spiro atoms. The maximum atomic E-state index is 12.5. The van der Waals surface area contributed by atoms with E-state index < -0.39 is 29.2 Å². The molecule has 1 unspecified atom stereocenters. The minimum Gasteiger partial charge on any atom is -0.477 e. The molecule has 1 amide bonds. The number of aldehydes is 1. The molecule has 0 aliphatic carbocycles. The standard InChI is InChI=1S/C14H17N5O6S2/c1-25-19-10(8-5-27-14(15)17-8)11(22)16-7(3-21)12-18-9(13(23)24)6(2-20)4-26-12/h3,5-7,12,20H,2,4H2,1H3,(H2,15,17)(H,16,22)(H,23,24)/b19-10+/t6?,7-,12+/m0/s1. The van der Waals surface area contributed by atoms with Crippen molar-refractivity contribution in [2.24, 2.45) is 16.1 Å². The Kier molecular flexibility index (Phi) is 7.27. The van der Waals surface area contributed by atoms with Gasteiger partial charge < -0.3 is 30.9 Å². The van der Waals surface area contributed by atoms with Crippen LogP contribution in [-0.2, 0) is 19.2 Å². The highest BCUT2D eigenvalue weighted by atomic mass is 32.2. The van der Waals surface area contributed by atoms with E-state index in [2.05, 4.69) is 25.3 Å². The van der Waals surface area contributed by atoms with Gasteiger partial charge in [-0.1, -0.05) is 5.16 Å². The van der Waals surface area contributed by atoms with Crippen molar-refractivity contribution in [2.75, 3.05) is 25.2 Å². The van der Waals surface area contributed by atoms with E-state index in [1.165, 1.54) is 12.5 Å². The predicted octanol–water partition coefficient (Wildman–Crippen LogP) is -1.03. The number of nitrogens with two attached hydrogens (primary N) is 1. The number of amides is 1. The van der Waals surface area contributed by atoms with Crippen molar-refractivity contribution < 1.29 is 29.4 Å². The molecule has 1 aliphatic heterocycles. The van der Waals surface area contributed by atoms with E-state index in [4.69, 9.17) is 5.73 Å². The van der Waals surface area contributed by atoms with Gasteiger partial charge in [0.1, 0.15) is 36.2 Å². The third kappa shape index (κ3) is 5.02. The Morgan fingerprint density at radius 2 is 2.33 bits per heavy atom. The van der Waals surface area contributed by atoms with Gasteiger partial charge in [-0.3, -0.25) is 9.79 Å². The van der Waals surface area contributed by atoms with Crippen LogP contribution in [0.2, 0.25) is 0 Å². The Morgan fingerprint density at radius 1 is 1.59 bits per heavy atom. The Bertz CT molecular complexity index is 780. The van der Waals surface area contributed by atoms with E-state index in [-0.39, 0.29) is 34.6 Å². The lowest BCUT2D eigenvalue weighted by Crippen LogP contribution is -2.48. The van der Waals surface area contributed by atoms with Gasteiger partial charge in [-0.2, -0.15) is 0 Å². The number of rotatable bonds is 8. The zero-order valence-corrected chi connectivity index (χ0v) is 15.7. The molecule has 0 saturated carbocycles. The molecule has 0 saturated heterocycles. The third-order valence-corrected chi connectivity index (χ3v) is 5.48. The first-order valence-corrected chi connectivity index (χ1v) is 9.46. The largest absolute Gasteiger partial charge is 0.477 e. The first kappa shape index (κ1) is 20.8. The molecule has 2 rings (SSSR count). The highest BCUT2D eigenvalue weighted by Gasteiger charge is 2.34.